The van der Waals surface area contributed by atoms with Crippen molar-refractivity contribution in [2.24, 2.45) is 5.84 Å². The summed E-state index contributed by atoms with van der Waals surface area (Å²) < 4.78 is 12.2. The Bertz CT molecular complexity index is 772. The molecule has 2 aromatic heterocycles. The summed E-state index contributed by atoms with van der Waals surface area (Å²) in [6.45, 7) is 0. The largest absolute Gasteiger partial charge is 0.495 e. The van der Waals surface area contributed by atoms with E-state index in [-0.39, 0.29) is 6.04 Å². The summed E-state index contributed by atoms with van der Waals surface area (Å²) in [6.07, 6.45) is 1.70. The lowest BCUT2D eigenvalue weighted by Crippen LogP contribution is -2.29. The SMILES string of the molecule is COc1cccnc1C(NN)c1cc2cccc(Br)c2o1. The van der Waals surface area contributed by atoms with Crippen molar-refractivity contribution in [3.8, 4) is 5.75 Å². The van der Waals surface area contributed by atoms with Crippen LogP contribution in [-0.4, -0.2) is 12.1 Å². The number of aromatic nitrogens is 1. The maximum Gasteiger partial charge on any atom is 0.148 e. The molecule has 2 heterocycles. The summed E-state index contributed by atoms with van der Waals surface area (Å²) in [5, 5.41) is 0.995. The number of pyridine rings is 1. The van der Waals surface area contributed by atoms with E-state index in [4.69, 9.17) is 15.0 Å². The number of para-hydroxylation sites is 1. The van der Waals surface area contributed by atoms with Crippen LogP contribution in [-0.2, 0) is 0 Å². The first-order chi connectivity index (χ1) is 10.2. The molecular weight excluding hydrogens is 334 g/mol. The highest BCUT2D eigenvalue weighted by Gasteiger charge is 2.22. The summed E-state index contributed by atoms with van der Waals surface area (Å²) in [4.78, 5) is 4.35. The highest BCUT2D eigenvalue weighted by Crippen LogP contribution is 2.33. The van der Waals surface area contributed by atoms with Crippen molar-refractivity contribution in [1.82, 2.24) is 10.4 Å². The predicted molar refractivity (Wildman–Crippen MR) is 83.9 cm³/mol. The van der Waals surface area contributed by atoms with Gasteiger partial charge in [-0.3, -0.25) is 10.8 Å². The van der Waals surface area contributed by atoms with Gasteiger partial charge in [-0.1, -0.05) is 12.1 Å². The second kappa shape index (κ2) is 5.85. The van der Waals surface area contributed by atoms with Crippen molar-refractivity contribution in [3.63, 3.8) is 0 Å². The Kier molecular flexibility index (Phi) is 3.92. The Balaban J connectivity index is 2.12. The molecule has 6 heteroatoms. The van der Waals surface area contributed by atoms with E-state index in [9.17, 15) is 0 Å². The number of hydrogen-bond acceptors (Lipinski definition) is 5. The molecule has 1 aromatic carbocycles. The number of nitrogens with zero attached hydrogens (tertiary/aromatic N) is 1. The number of nitrogens with one attached hydrogen (secondary N) is 1. The molecule has 0 aliphatic carbocycles. The maximum absolute atomic E-state index is 5.92. The zero-order valence-corrected chi connectivity index (χ0v) is 12.9. The maximum atomic E-state index is 5.92. The molecule has 0 aliphatic rings. The van der Waals surface area contributed by atoms with Gasteiger partial charge in [-0.05, 0) is 40.2 Å². The molecule has 0 aliphatic heterocycles. The molecule has 3 rings (SSSR count). The molecule has 0 saturated heterocycles. The fourth-order valence-electron chi connectivity index (χ4n) is 2.28. The molecule has 108 valence electrons. The Labute approximate surface area is 130 Å². The fraction of sp³-hybridized carbons (Fsp3) is 0.133. The number of nitrogens with two attached hydrogens (primary N) is 1. The zero-order valence-electron chi connectivity index (χ0n) is 11.3. The highest BCUT2D eigenvalue weighted by atomic mass is 79.9. The number of hydrogen-bond donors (Lipinski definition) is 2. The first kappa shape index (κ1) is 14.1. The van der Waals surface area contributed by atoms with Crippen LogP contribution in [0.2, 0.25) is 0 Å². The van der Waals surface area contributed by atoms with Gasteiger partial charge in [0.05, 0.1) is 11.6 Å². The molecule has 1 atom stereocenters. The molecule has 0 spiro atoms. The molecule has 0 radical (unpaired) electrons. The summed E-state index contributed by atoms with van der Waals surface area (Å²) in [5.41, 5.74) is 4.20. The Morgan fingerprint density at radius 3 is 2.90 bits per heavy atom. The molecule has 5 nitrogen and oxygen atoms in total. The van der Waals surface area contributed by atoms with Crippen molar-refractivity contribution in [1.29, 1.82) is 0 Å². The van der Waals surface area contributed by atoms with Crippen LogP contribution in [0.1, 0.15) is 17.5 Å². The normalized spacial score (nSPS) is 12.5. The van der Waals surface area contributed by atoms with Gasteiger partial charge < -0.3 is 9.15 Å². The third-order valence-electron chi connectivity index (χ3n) is 3.26. The van der Waals surface area contributed by atoms with Crippen LogP contribution >= 0.6 is 15.9 Å². The number of rotatable bonds is 4. The van der Waals surface area contributed by atoms with E-state index in [1.54, 1.807) is 13.3 Å². The number of ether oxygens (including phenoxy) is 1. The van der Waals surface area contributed by atoms with Crippen LogP contribution in [0, 0.1) is 0 Å². The second-order valence-electron chi connectivity index (χ2n) is 4.50. The first-order valence-electron chi connectivity index (χ1n) is 6.37. The predicted octanol–water partition coefficient (Wildman–Crippen LogP) is 3.15. The van der Waals surface area contributed by atoms with Gasteiger partial charge >= 0.3 is 0 Å². The first-order valence-corrected chi connectivity index (χ1v) is 7.17. The highest BCUT2D eigenvalue weighted by molar-refractivity contribution is 9.10. The van der Waals surface area contributed by atoms with Crippen molar-refractivity contribution in [2.75, 3.05) is 7.11 Å². The third-order valence-corrected chi connectivity index (χ3v) is 3.88. The van der Waals surface area contributed by atoms with E-state index in [1.807, 2.05) is 36.4 Å². The van der Waals surface area contributed by atoms with E-state index < -0.39 is 0 Å². The second-order valence-corrected chi connectivity index (χ2v) is 5.35. The Hall–Kier alpha value is -1.89. The van der Waals surface area contributed by atoms with Gasteiger partial charge in [-0.2, -0.15) is 0 Å². The van der Waals surface area contributed by atoms with Crippen LogP contribution in [0.4, 0.5) is 0 Å². The van der Waals surface area contributed by atoms with Gasteiger partial charge in [0.1, 0.15) is 28.8 Å². The van der Waals surface area contributed by atoms with E-state index in [1.165, 1.54) is 0 Å². The lowest BCUT2D eigenvalue weighted by Gasteiger charge is -2.15. The summed E-state index contributed by atoms with van der Waals surface area (Å²) in [7, 11) is 1.60. The van der Waals surface area contributed by atoms with Gasteiger partial charge in [0.15, 0.2) is 0 Å². The molecule has 0 fully saturated rings. The minimum absolute atomic E-state index is 0.388. The van der Waals surface area contributed by atoms with E-state index >= 15 is 0 Å². The van der Waals surface area contributed by atoms with Gasteiger partial charge in [-0.15, -0.1) is 0 Å². The van der Waals surface area contributed by atoms with Crippen molar-refractivity contribution in [3.05, 3.63) is 58.5 Å². The number of methoxy groups -OCH3 is 1. The minimum atomic E-state index is -0.388. The smallest absolute Gasteiger partial charge is 0.148 e. The molecule has 0 saturated carbocycles. The van der Waals surface area contributed by atoms with Gasteiger partial charge in [0.25, 0.3) is 0 Å². The van der Waals surface area contributed by atoms with Crippen molar-refractivity contribution >= 4 is 26.9 Å². The standard InChI is InChI=1S/C15H14BrN3O2/c1-20-11-6-3-7-18-13(11)14(19-17)12-8-9-4-2-5-10(16)15(9)21-12/h2-8,14,19H,17H2,1H3. The van der Waals surface area contributed by atoms with E-state index in [0.717, 1.165) is 15.4 Å². The quantitative estimate of drug-likeness (QED) is 0.560. The summed E-state index contributed by atoms with van der Waals surface area (Å²) in [5.74, 6) is 7.03. The van der Waals surface area contributed by atoms with Crippen LogP contribution in [0.3, 0.4) is 0 Å². The Morgan fingerprint density at radius 2 is 2.19 bits per heavy atom. The molecule has 3 N–H and O–H groups in total. The monoisotopic (exact) mass is 347 g/mol. The van der Waals surface area contributed by atoms with Gasteiger partial charge in [-0.25, -0.2) is 5.43 Å². The number of furan rings is 1. The van der Waals surface area contributed by atoms with Crippen LogP contribution in [0.5, 0.6) is 5.75 Å². The fourth-order valence-corrected chi connectivity index (χ4v) is 2.74. The topological polar surface area (TPSA) is 73.3 Å². The third kappa shape index (κ3) is 2.53. The number of fused-ring (bicyclic) bond motifs is 1. The van der Waals surface area contributed by atoms with E-state index in [0.29, 0.717) is 17.2 Å². The summed E-state index contributed by atoms with van der Waals surface area (Å²) >= 11 is 3.48. The molecule has 0 bridgehead atoms. The number of benzene rings is 1. The van der Waals surface area contributed by atoms with Gasteiger partial charge in [0.2, 0.25) is 0 Å². The van der Waals surface area contributed by atoms with Crippen LogP contribution < -0.4 is 16.0 Å². The van der Waals surface area contributed by atoms with Crippen LogP contribution in [0.25, 0.3) is 11.0 Å². The lowest BCUT2D eigenvalue weighted by atomic mass is 10.1. The molecular formula is C15H14BrN3O2. The van der Waals surface area contributed by atoms with Crippen LogP contribution in [0.15, 0.2) is 51.5 Å². The molecule has 1 unspecified atom stereocenters. The minimum Gasteiger partial charge on any atom is -0.495 e. The van der Waals surface area contributed by atoms with E-state index in [2.05, 4.69) is 26.3 Å². The number of halogens is 1. The Morgan fingerprint density at radius 1 is 1.33 bits per heavy atom. The average Bonchev–Trinajstić information content (AvgIpc) is 2.94. The average molecular weight is 348 g/mol. The van der Waals surface area contributed by atoms with Gasteiger partial charge in [0, 0.05) is 11.6 Å². The molecule has 0 amide bonds. The van der Waals surface area contributed by atoms with Crippen molar-refractivity contribution < 1.29 is 9.15 Å². The molecule has 21 heavy (non-hydrogen) atoms. The van der Waals surface area contributed by atoms with Crippen molar-refractivity contribution in [2.45, 2.75) is 6.04 Å². The lowest BCUT2D eigenvalue weighted by molar-refractivity contribution is 0.391. The molecule has 3 aromatic rings. The zero-order chi connectivity index (χ0) is 14.8. The number of hydrazine groups is 1. The summed E-state index contributed by atoms with van der Waals surface area (Å²) in [6, 6.07) is 11.1.